The molecule has 0 aliphatic heterocycles. The lowest BCUT2D eigenvalue weighted by atomic mass is 10.1. The number of hydrogen-bond acceptors (Lipinski definition) is 2. The zero-order chi connectivity index (χ0) is 12.5. The van der Waals surface area contributed by atoms with E-state index in [1.807, 2.05) is 7.05 Å². The molecule has 2 N–H and O–H groups in total. The Bertz CT molecular complexity index is 230. The Kier molecular flexibility index (Phi) is 10.8. The first-order valence-electron chi connectivity index (χ1n) is 6.74. The molecule has 1 saturated carbocycles. The van der Waals surface area contributed by atoms with E-state index in [1.165, 1.54) is 12.8 Å². The summed E-state index contributed by atoms with van der Waals surface area (Å²) in [6, 6.07) is 0. The van der Waals surface area contributed by atoms with E-state index < -0.39 is 0 Å². The first-order chi connectivity index (χ1) is 8.22. The number of nitrogens with one attached hydrogen (secondary N) is 2. The molecule has 0 aromatic rings. The van der Waals surface area contributed by atoms with Crippen LogP contribution in [0.4, 0.5) is 0 Å². The van der Waals surface area contributed by atoms with Gasteiger partial charge in [0.1, 0.15) is 0 Å². The van der Waals surface area contributed by atoms with Crippen molar-refractivity contribution in [1.82, 2.24) is 10.6 Å². The largest absolute Gasteiger partial charge is 0.380 e. The minimum atomic E-state index is 0. The third-order valence-electron chi connectivity index (χ3n) is 2.86. The van der Waals surface area contributed by atoms with Crippen LogP contribution < -0.4 is 10.6 Å². The summed E-state index contributed by atoms with van der Waals surface area (Å²) in [5.41, 5.74) is 0. The van der Waals surface area contributed by atoms with Crippen molar-refractivity contribution in [2.45, 2.75) is 33.1 Å². The predicted molar refractivity (Wildman–Crippen MR) is 87.8 cm³/mol. The van der Waals surface area contributed by atoms with Crippen LogP contribution in [0, 0.1) is 11.8 Å². The first kappa shape index (κ1) is 18.0. The molecule has 1 rings (SSSR count). The summed E-state index contributed by atoms with van der Waals surface area (Å²) in [5.74, 6) is 2.48. The second-order valence-electron chi connectivity index (χ2n) is 5.12. The summed E-state index contributed by atoms with van der Waals surface area (Å²) in [6.45, 7) is 7.90. The van der Waals surface area contributed by atoms with Gasteiger partial charge in [-0.15, -0.1) is 24.0 Å². The van der Waals surface area contributed by atoms with Crippen LogP contribution in [-0.4, -0.2) is 39.3 Å². The zero-order valence-corrected chi connectivity index (χ0v) is 14.2. The van der Waals surface area contributed by atoms with Crippen LogP contribution in [0.5, 0.6) is 0 Å². The van der Waals surface area contributed by atoms with E-state index in [1.54, 1.807) is 0 Å². The standard InChI is InChI=1S/C13H27N3O.HI/c1-11(2)6-8-17-9-7-15-13(14-3)16-10-12-4-5-12;/h11-12H,4-10H2,1-3H3,(H2,14,15,16);1H. The summed E-state index contributed by atoms with van der Waals surface area (Å²) in [5, 5.41) is 6.58. The highest BCUT2D eigenvalue weighted by Gasteiger charge is 2.20. The molecule has 0 atom stereocenters. The summed E-state index contributed by atoms with van der Waals surface area (Å²) in [6.07, 6.45) is 3.86. The number of guanidine groups is 1. The molecule has 1 aliphatic carbocycles. The topological polar surface area (TPSA) is 45.7 Å². The molecule has 0 bridgehead atoms. The molecule has 1 aliphatic rings. The summed E-state index contributed by atoms with van der Waals surface area (Å²) >= 11 is 0. The number of halogens is 1. The maximum atomic E-state index is 5.53. The Morgan fingerprint density at radius 1 is 1.28 bits per heavy atom. The third kappa shape index (κ3) is 9.94. The Labute approximate surface area is 128 Å². The van der Waals surface area contributed by atoms with E-state index >= 15 is 0 Å². The molecule has 0 amide bonds. The molecule has 0 radical (unpaired) electrons. The van der Waals surface area contributed by atoms with Crippen molar-refractivity contribution in [1.29, 1.82) is 0 Å². The monoisotopic (exact) mass is 369 g/mol. The number of rotatable bonds is 8. The van der Waals surface area contributed by atoms with Gasteiger partial charge in [-0.1, -0.05) is 13.8 Å². The number of nitrogens with zero attached hydrogens (tertiary/aromatic N) is 1. The Morgan fingerprint density at radius 2 is 2.00 bits per heavy atom. The first-order valence-corrected chi connectivity index (χ1v) is 6.74. The van der Waals surface area contributed by atoms with E-state index in [0.29, 0.717) is 0 Å². The number of ether oxygens (including phenoxy) is 1. The van der Waals surface area contributed by atoms with Gasteiger partial charge in [-0.25, -0.2) is 0 Å². The lowest BCUT2D eigenvalue weighted by Gasteiger charge is -2.12. The molecule has 0 saturated heterocycles. The molecular formula is C13H28IN3O. The van der Waals surface area contributed by atoms with E-state index in [0.717, 1.165) is 50.5 Å². The third-order valence-corrected chi connectivity index (χ3v) is 2.86. The Hall–Kier alpha value is -0.0400. The van der Waals surface area contributed by atoms with Gasteiger partial charge >= 0.3 is 0 Å². The highest BCUT2D eigenvalue weighted by atomic mass is 127. The van der Waals surface area contributed by atoms with Crippen LogP contribution >= 0.6 is 24.0 Å². The predicted octanol–water partition coefficient (Wildman–Crippen LogP) is 2.24. The van der Waals surface area contributed by atoms with Crippen molar-refractivity contribution in [3.63, 3.8) is 0 Å². The van der Waals surface area contributed by atoms with Gasteiger partial charge in [0.2, 0.25) is 0 Å². The van der Waals surface area contributed by atoms with Crippen molar-refractivity contribution in [2.75, 3.05) is 33.4 Å². The van der Waals surface area contributed by atoms with Crippen LogP contribution in [0.3, 0.4) is 0 Å². The molecule has 0 aromatic heterocycles. The maximum Gasteiger partial charge on any atom is 0.191 e. The van der Waals surface area contributed by atoms with E-state index in [4.69, 9.17) is 4.74 Å². The highest BCUT2D eigenvalue weighted by molar-refractivity contribution is 14.0. The van der Waals surface area contributed by atoms with Gasteiger partial charge in [0, 0.05) is 26.7 Å². The average Bonchev–Trinajstić information content (AvgIpc) is 3.10. The highest BCUT2D eigenvalue weighted by Crippen LogP contribution is 2.27. The van der Waals surface area contributed by atoms with Gasteiger partial charge < -0.3 is 15.4 Å². The minimum Gasteiger partial charge on any atom is -0.380 e. The molecule has 0 unspecified atom stereocenters. The molecule has 1 fully saturated rings. The van der Waals surface area contributed by atoms with Gasteiger partial charge in [0.05, 0.1) is 6.61 Å². The van der Waals surface area contributed by atoms with Crippen molar-refractivity contribution >= 4 is 29.9 Å². The Balaban J connectivity index is 0.00000289. The molecule has 108 valence electrons. The van der Waals surface area contributed by atoms with E-state index in [2.05, 4.69) is 29.5 Å². The van der Waals surface area contributed by atoms with E-state index in [9.17, 15) is 0 Å². The summed E-state index contributed by atoms with van der Waals surface area (Å²) < 4.78 is 5.53. The van der Waals surface area contributed by atoms with Crippen LogP contribution in [0.25, 0.3) is 0 Å². The zero-order valence-electron chi connectivity index (χ0n) is 11.9. The molecule has 18 heavy (non-hydrogen) atoms. The van der Waals surface area contributed by atoms with Crippen molar-refractivity contribution in [3.05, 3.63) is 0 Å². The van der Waals surface area contributed by atoms with Gasteiger partial charge in [-0.2, -0.15) is 0 Å². The summed E-state index contributed by atoms with van der Waals surface area (Å²) in [7, 11) is 1.81. The molecule has 0 spiro atoms. The SMILES string of the molecule is CN=C(NCCOCCC(C)C)NCC1CC1.I. The van der Waals surface area contributed by atoms with E-state index in [-0.39, 0.29) is 24.0 Å². The second kappa shape index (κ2) is 10.8. The van der Waals surface area contributed by atoms with Crippen molar-refractivity contribution in [2.24, 2.45) is 16.8 Å². The average molecular weight is 369 g/mol. The van der Waals surface area contributed by atoms with Crippen molar-refractivity contribution in [3.8, 4) is 0 Å². The molecule has 4 nitrogen and oxygen atoms in total. The number of hydrogen-bond donors (Lipinski definition) is 2. The van der Waals surface area contributed by atoms with Gasteiger partial charge in [-0.05, 0) is 31.1 Å². The quantitative estimate of drug-likeness (QED) is 0.299. The molecule has 0 heterocycles. The van der Waals surface area contributed by atoms with Gasteiger partial charge in [0.15, 0.2) is 5.96 Å². The fraction of sp³-hybridized carbons (Fsp3) is 0.923. The Morgan fingerprint density at radius 3 is 2.56 bits per heavy atom. The smallest absolute Gasteiger partial charge is 0.191 e. The minimum absolute atomic E-state index is 0. The van der Waals surface area contributed by atoms with Crippen LogP contribution in [0.1, 0.15) is 33.1 Å². The van der Waals surface area contributed by atoms with Gasteiger partial charge in [0.25, 0.3) is 0 Å². The number of aliphatic imine (C=N–C) groups is 1. The molecule has 5 heteroatoms. The summed E-state index contributed by atoms with van der Waals surface area (Å²) in [4.78, 5) is 4.17. The normalized spacial score (nSPS) is 15.4. The molecular weight excluding hydrogens is 341 g/mol. The van der Waals surface area contributed by atoms with Crippen LogP contribution in [-0.2, 0) is 4.74 Å². The molecule has 0 aromatic carbocycles. The maximum absolute atomic E-state index is 5.53. The fourth-order valence-electron chi connectivity index (χ4n) is 1.45. The second-order valence-corrected chi connectivity index (χ2v) is 5.12. The fourth-order valence-corrected chi connectivity index (χ4v) is 1.45. The van der Waals surface area contributed by atoms with Crippen molar-refractivity contribution < 1.29 is 4.74 Å². The van der Waals surface area contributed by atoms with Crippen LogP contribution in [0.15, 0.2) is 4.99 Å². The van der Waals surface area contributed by atoms with Crippen LogP contribution in [0.2, 0.25) is 0 Å². The lowest BCUT2D eigenvalue weighted by Crippen LogP contribution is -2.39. The van der Waals surface area contributed by atoms with Gasteiger partial charge in [-0.3, -0.25) is 4.99 Å². The lowest BCUT2D eigenvalue weighted by molar-refractivity contribution is 0.128.